The summed E-state index contributed by atoms with van der Waals surface area (Å²) in [5, 5.41) is -0.368. The minimum Gasteiger partial charge on any atom is -0.330 e. The summed E-state index contributed by atoms with van der Waals surface area (Å²) in [6, 6.07) is -0.0176. The standard InChI is InChI=1S/C8H20N2O2S/c1-7(2)13(11,12)10-8(3)5-4-6-9/h7-8,10H,4-6,9H2,1-3H3. The van der Waals surface area contributed by atoms with E-state index < -0.39 is 10.0 Å². The van der Waals surface area contributed by atoms with Crippen molar-refractivity contribution in [2.24, 2.45) is 5.73 Å². The van der Waals surface area contributed by atoms with E-state index in [1.54, 1.807) is 13.8 Å². The molecule has 0 radical (unpaired) electrons. The lowest BCUT2D eigenvalue weighted by molar-refractivity contribution is 0.532. The molecule has 3 N–H and O–H groups in total. The molecule has 0 bridgehead atoms. The fraction of sp³-hybridized carbons (Fsp3) is 1.00. The summed E-state index contributed by atoms with van der Waals surface area (Å²) in [6.45, 7) is 5.79. The SMILES string of the molecule is CC(CCCN)NS(=O)(=O)C(C)C. The van der Waals surface area contributed by atoms with Crippen molar-refractivity contribution >= 4 is 10.0 Å². The maximum Gasteiger partial charge on any atom is 0.214 e. The molecule has 0 fully saturated rings. The van der Waals surface area contributed by atoms with E-state index in [0.29, 0.717) is 6.54 Å². The largest absolute Gasteiger partial charge is 0.330 e. The average molecular weight is 208 g/mol. The predicted molar refractivity (Wildman–Crippen MR) is 54.9 cm³/mol. The van der Waals surface area contributed by atoms with Crippen molar-refractivity contribution in [1.29, 1.82) is 0 Å². The van der Waals surface area contributed by atoms with Crippen molar-refractivity contribution in [1.82, 2.24) is 4.72 Å². The molecule has 0 aromatic carbocycles. The van der Waals surface area contributed by atoms with E-state index >= 15 is 0 Å². The number of hydrogen-bond acceptors (Lipinski definition) is 3. The quantitative estimate of drug-likeness (QED) is 0.665. The molecule has 0 aliphatic rings. The topological polar surface area (TPSA) is 72.2 Å². The molecule has 4 nitrogen and oxygen atoms in total. The molecular formula is C8H20N2O2S. The van der Waals surface area contributed by atoms with Gasteiger partial charge in [0.15, 0.2) is 0 Å². The molecular weight excluding hydrogens is 188 g/mol. The van der Waals surface area contributed by atoms with Crippen molar-refractivity contribution in [3.63, 3.8) is 0 Å². The molecule has 0 saturated carbocycles. The monoisotopic (exact) mass is 208 g/mol. The van der Waals surface area contributed by atoms with Crippen LogP contribution in [0.2, 0.25) is 0 Å². The predicted octanol–water partition coefficient (Wildman–Crippen LogP) is 0.442. The molecule has 0 aliphatic carbocycles. The number of rotatable bonds is 6. The molecule has 1 atom stereocenters. The Labute approximate surface area is 80.9 Å². The third kappa shape index (κ3) is 5.23. The average Bonchev–Trinajstić information content (AvgIpc) is 1.99. The lowest BCUT2D eigenvalue weighted by Crippen LogP contribution is -2.37. The van der Waals surface area contributed by atoms with Crippen LogP contribution in [0.3, 0.4) is 0 Å². The van der Waals surface area contributed by atoms with Crippen molar-refractivity contribution in [2.45, 2.75) is 44.9 Å². The number of hydrogen-bond donors (Lipinski definition) is 2. The smallest absolute Gasteiger partial charge is 0.214 e. The van der Waals surface area contributed by atoms with E-state index in [9.17, 15) is 8.42 Å². The summed E-state index contributed by atoms with van der Waals surface area (Å²) in [7, 11) is -3.12. The van der Waals surface area contributed by atoms with Crippen LogP contribution in [0.1, 0.15) is 33.6 Å². The highest BCUT2D eigenvalue weighted by Gasteiger charge is 2.17. The van der Waals surface area contributed by atoms with Gasteiger partial charge in [0.05, 0.1) is 5.25 Å². The number of sulfonamides is 1. The minimum atomic E-state index is -3.12. The van der Waals surface area contributed by atoms with Crippen molar-refractivity contribution < 1.29 is 8.42 Å². The first kappa shape index (κ1) is 12.9. The molecule has 80 valence electrons. The van der Waals surface area contributed by atoms with Crippen LogP contribution in [-0.4, -0.2) is 26.3 Å². The zero-order valence-corrected chi connectivity index (χ0v) is 9.39. The van der Waals surface area contributed by atoms with Gasteiger partial charge in [-0.25, -0.2) is 13.1 Å². The third-order valence-electron chi connectivity index (χ3n) is 1.83. The lowest BCUT2D eigenvalue weighted by Gasteiger charge is -2.15. The molecule has 0 aromatic rings. The first-order valence-electron chi connectivity index (χ1n) is 4.61. The van der Waals surface area contributed by atoms with Crippen LogP contribution in [-0.2, 0) is 10.0 Å². The van der Waals surface area contributed by atoms with Gasteiger partial charge >= 0.3 is 0 Å². The van der Waals surface area contributed by atoms with Gasteiger partial charge in [0.2, 0.25) is 10.0 Å². The maximum absolute atomic E-state index is 11.4. The van der Waals surface area contributed by atoms with E-state index in [1.807, 2.05) is 6.92 Å². The van der Waals surface area contributed by atoms with Gasteiger partial charge in [-0.15, -0.1) is 0 Å². The summed E-state index contributed by atoms with van der Waals surface area (Å²) >= 11 is 0. The van der Waals surface area contributed by atoms with Gasteiger partial charge in [-0.05, 0) is 40.2 Å². The minimum absolute atomic E-state index is 0.0176. The van der Waals surface area contributed by atoms with Crippen LogP contribution in [0.25, 0.3) is 0 Å². The Morgan fingerprint density at radius 2 is 1.85 bits per heavy atom. The van der Waals surface area contributed by atoms with Gasteiger partial charge in [0.1, 0.15) is 0 Å². The molecule has 0 heterocycles. The van der Waals surface area contributed by atoms with Gasteiger partial charge in [-0.1, -0.05) is 0 Å². The van der Waals surface area contributed by atoms with Crippen LogP contribution in [0.15, 0.2) is 0 Å². The van der Waals surface area contributed by atoms with E-state index in [4.69, 9.17) is 5.73 Å². The Bertz CT molecular complexity index is 224. The van der Waals surface area contributed by atoms with Gasteiger partial charge in [-0.3, -0.25) is 0 Å². The lowest BCUT2D eigenvalue weighted by atomic mass is 10.2. The van der Waals surface area contributed by atoms with E-state index in [2.05, 4.69) is 4.72 Å². The Hall–Kier alpha value is -0.130. The summed E-state index contributed by atoms with van der Waals surface area (Å²) in [5.74, 6) is 0. The Balaban J connectivity index is 3.98. The van der Waals surface area contributed by atoms with Crippen molar-refractivity contribution in [2.75, 3.05) is 6.54 Å². The van der Waals surface area contributed by atoms with Crippen LogP contribution in [0.5, 0.6) is 0 Å². The molecule has 0 amide bonds. The van der Waals surface area contributed by atoms with E-state index in [1.165, 1.54) is 0 Å². The second kappa shape index (κ2) is 5.57. The van der Waals surface area contributed by atoms with E-state index in [-0.39, 0.29) is 11.3 Å². The first-order valence-corrected chi connectivity index (χ1v) is 6.16. The molecule has 0 rings (SSSR count). The van der Waals surface area contributed by atoms with Gasteiger partial charge in [0.25, 0.3) is 0 Å². The zero-order valence-electron chi connectivity index (χ0n) is 8.58. The maximum atomic E-state index is 11.4. The van der Waals surface area contributed by atoms with E-state index in [0.717, 1.165) is 12.8 Å². The summed E-state index contributed by atoms with van der Waals surface area (Å²) < 4.78 is 25.3. The first-order chi connectivity index (χ1) is 5.90. The van der Waals surface area contributed by atoms with Crippen LogP contribution >= 0.6 is 0 Å². The Kier molecular flexibility index (Phi) is 5.51. The fourth-order valence-corrected chi connectivity index (χ4v) is 1.85. The number of nitrogens with one attached hydrogen (secondary N) is 1. The highest BCUT2D eigenvalue weighted by atomic mass is 32.2. The van der Waals surface area contributed by atoms with Gasteiger partial charge in [0, 0.05) is 6.04 Å². The summed E-state index contributed by atoms with van der Waals surface area (Å²) in [5.41, 5.74) is 5.32. The second-order valence-corrected chi connectivity index (χ2v) is 5.81. The molecule has 13 heavy (non-hydrogen) atoms. The molecule has 0 aromatic heterocycles. The second-order valence-electron chi connectivity index (χ2n) is 3.54. The Morgan fingerprint density at radius 3 is 2.23 bits per heavy atom. The van der Waals surface area contributed by atoms with Crippen LogP contribution in [0.4, 0.5) is 0 Å². The van der Waals surface area contributed by atoms with Crippen molar-refractivity contribution in [3.05, 3.63) is 0 Å². The highest BCUT2D eigenvalue weighted by Crippen LogP contribution is 2.01. The van der Waals surface area contributed by atoms with Gasteiger partial charge < -0.3 is 5.73 Å². The van der Waals surface area contributed by atoms with Crippen molar-refractivity contribution in [3.8, 4) is 0 Å². The van der Waals surface area contributed by atoms with Crippen LogP contribution in [0, 0.1) is 0 Å². The van der Waals surface area contributed by atoms with Gasteiger partial charge in [-0.2, -0.15) is 0 Å². The molecule has 0 saturated heterocycles. The molecule has 0 spiro atoms. The molecule has 0 aliphatic heterocycles. The molecule has 5 heteroatoms. The zero-order chi connectivity index (χ0) is 10.5. The molecule has 1 unspecified atom stereocenters. The Morgan fingerprint density at radius 1 is 1.31 bits per heavy atom. The highest BCUT2D eigenvalue weighted by molar-refractivity contribution is 7.90. The number of nitrogens with two attached hydrogens (primary N) is 1. The normalized spacial score (nSPS) is 14.8. The fourth-order valence-electron chi connectivity index (χ4n) is 0.899. The third-order valence-corrected chi connectivity index (χ3v) is 3.80. The van der Waals surface area contributed by atoms with Crippen LogP contribution < -0.4 is 10.5 Å². The summed E-state index contributed by atoms with van der Waals surface area (Å²) in [6.07, 6.45) is 1.64. The summed E-state index contributed by atoms with van der Waals surface area (Å²) in [4.78, 5) is 0.